The summed E-state index contributed by atoms with van der Waals surface area (Å²) in [5.41, 5.74) is 0. The van der Waals surface area contributed by atoms with Gasteiger partial charge in [-0.15, -0.1) is 6.58 Å². The fourth-order valence-electron chi connectivity index (χ4n) is 2.75. The zero-order valence-electron chi connectivity index (χ0n) is 13.8. The summed E-state index contributed by atoms with van der Waals surface area (Å²) in [7, 11) is 0. The molecule has 1 unspecified atom stereocenters. The second kappa shape index (κ2) is 11.9. The van der Waals surface area contributed by atoms with Crippen LogP contribution in [0.1, 0.15) is 51.4 Å². The average molecular weight is 332 g/mol. The van der Waals surface area contributed by atoms with Gasteiger partial charge in [-0.25, -0.2) is 0 Å². The maximum absolute atomic E-state index is 9.76. The van der Waals surface area contributed by atoms with Crippen LogP contribution in [0, 0.1) is 0 Å². The van der Waals surface area contributed by atoms with Crippen LogP contribution in [0.4, 0.5) is 0 Å². The van der Waals surface area contributed by atoms with E-state index in [4.69, 9.17) is 9.47 Å². The Morgan fingerprint density at radius 2 is 1.57 bits per heavy atom. The maximum atomic E-state index is 9.76. The number of ether oxygens (including phenoxy) is 2. The van der Waals surface area contributed by atoms with Crippen molar-refractivity contribution >= 4 is 0 Å². The monoisotopic (exact) mass is 332 g/mol. The molecule has 6 heteroatoms. The molecule has 1 aliphatic rings. The van der Waals surface area contributed by atoms with Gasteiger partial charge in [0.05, 0.1) is 6.61 Å². The van der Waals surface area contributed by atoms with Crippen molar-refractivity contribution in [1.29, 1.82) is 0 Å². The molecule has 0 aliphatic carbocycles. The van der Waals surface area contributed by atoms with E-state index in [1.165, 1.54) is 25.7 Å². The van der Waals surface area contributed by atoms with Crippen molar-refractivity contribution in [2.45, 2.75) is 82.1 Å². The molecule has 6 nitrogen and oxygen atoms in total. The van der Waals surface area contributed by atoms with Gasteiger partial charge in [-0.2, -0.15) is 0 Å². The summed E-state index contributed by atoms with van der Waals surface area (Å²) in [5.74, 6) is 0. The first-order valence-corrected chi connectivity index (χ1v) is 8.64. The highest BCUT2D eigenvalue weighted by Gasteiger charge is 2.45. The van der Waals surface area contributed by atoms with E-state index >= 15 is 0 Å². The highest BCUT2D eigenvalue weighted by atomic mass is 16.7. The Labute approximate surface area is 138 Å². The van der Waals surface area contributed by atoms with Crippen LogP contribution in [0.15, 0.2) is 12.7 Å². The molecule has 1 saturated heterocycles. The van der Waals surface area contributed by atoms with Crippen molar-refractivity contribution in [3.8, 4) is 0 Å². The van der Waals surface area contributed by atoms with Gasteiger partial charge >= 0.3 is 0 Å². The fourth-order valence-corrected chi connectivity index (χ4v) is 2.75. The lowest BCUT2D eigenvalue weighted by Crippen LogP contribution is -2.42. The number of hydrogen-bond acceptors (Lipinski definition) is 6. The number of aliphatic hydroxyl groups excluding tert-OH is 4. The molecular weight excluding hydrogens is 300 g/mol. The van der Waals surface area contributed by atoms with Gasteiger partial charge in [0.2, 0.25) is 0 Å². The van der Waals surface area contributed by atoms with E-state index in [1.807, 2.05) is 6.08 Å². The third-order valence-corrected chi connectivity index (χ3v) is 4.21. The number of aliphatic hydroxyl groups is 4. The molecule has 1 heterocycles. The molecular formula is C17H32O6. The minimum atomic E-state index is -1.44. The van der Waals surface area contributed by atoms with Crippen LogP contribution in [0.2, 0.25) is 0 Å². The fraction of sp³-hybridized carbons (Fsp3) is 0.882. The Hall–Kier alpha value is -0.500. The third-order valence-electron chi connectivity index (χ3n) is 4.21. The van der Waals surface area contributed by atoms with Gasteiger partial charge < -0.3 is 29.9 Å². The van der Waals surface area contributed by atoms with Crippen LogP contribution < -0.4 is 0 Å². The Bertz CT molecular complexity index is 311. The Kier molecular flexibility index (Phi) is 10.7. The van der Waals surface area contributed by atoms with Gasteiger partial charge in [0, 0.05) is 6.61 Å². The first kappa shape index (κ1) is 20.5. The molecule has 136 valence electrons. The van der Waals surface area contributed by atoms with E-state index in [9.17, 15) is 20.4 Å². The molecule has 0 aromatic rings. The summed E-state index contributed by atoms with van der Waals surface area (Å²) < 4.78 is 10.6. The van der Waals surface area contributed by atoms with Crippen LogP contribution in [0.3, 0.4) is 0 Å². The molecule has 1 rings (SSSR count). The summed E-state index contributed by atoms with van der Waals surface area (Å²) in [4.78, 5) is 0. The molecule has 23 heavy (non-hydrogen) atoms. The van der Waals surface area contributed by atoms with Crippen molar-refractivity contribution in [2.75, 3.05) is 13.2 Å². The van der Waals surface area contributed by atoms with E-state index < -0.39 is 30.7 Å². The van der Waals surface area contributed by atoms with E-state index in [0.717, 1.165) is 25.7 Å². The number of hydrogen-bond donors (Lipinski definition) is 4. The topological polar surface area (TPSA) is 99.4 Å². The van der Waals surface area contributed by atoms with Crippen molar-refractivity contribution in [1.82, 2.24) is 0 Å². The average Bonchev–Trinajstić information content (AvgIpc) is 2.80. The quantitative estimate of drug-likeness (QED) is 0.298. The zero-order valence-corrected chi connectivity index (χ0v) is 13.8. The van der Waals surface area contributed by atoms with Crippen LogP contribution in [0.5, 0.6) is 0 Å². The van der Waals surface area contributed by atoms with Gasteiger partial charge in [0.1, 0.15) is 24.4 Å². The summed E-state index contributed by atoms with van der Waals surface area (Å²) in [6, 6.07) is 0. The van der Waals surface area contributed by atoms with Gasteiger partial charge in [-0.1, -0.05) is 38.2 Å². The smallest absolute Gasteiger partial charge is 0.184 e. The van der Waals surface area contributed by atoms with Gasteiger partial charge in [-0.3, -0.25) is 0 Å². The SMILES string of the molecule is C=CCCCCCCCCCO[C@H](CO)[C@H]1OC(O)[C@H](O)[C@H]1O. The molecule has 0 aromatic heterocycles. The number of unbranched alkanes of at least 4 members (excludes halogenated alkanes) is 7. The first-order valence-electron chi connectivity index (χ1n) is 8.64. The Balaban J connectivity index is 2.06. The Morgan fingerprint density at radius 3 is 2.09 bits per heavy atom. The van der Waals surface area contributed by atoms with Gasteiger partial charge in [0.15, 0.2) is 6.29 Å². The van der Waals surface area contributed by atoms with E-state index in [0.29, 0.717) is 6.61 Å². The van der Waals surface area contributed by atoms with Crippen molar-refractivity contribution in [3.63, 3.8) is 0 Å². The normalized spacial score (nSPS) is 28.9. The molecule has 0 saturated carbocycles. The minimum absolute atomic E-state index is 0.329. The highest BCUT2D eigenvalue weighted by molar-refractivity contribution is 4.90. The van der Waals surface area contributed by atoms with E-state index in [-0.39, 0.29) is 6.61 Å². The molecule has 0 spiro atoms. The van der Waals surface area contributed by atoms with E-state index in [2.05, 4.69) is 6.58 Å². The standard InChI is InChI=1S/C17H32O6/c1-2-3-4-5-6-7-8-9-10-11-22-13(12-18)16-14(19)15(20)17(21)23-16/h2,13-21H,1,3-12H2/t13-,14-,15-,16-,17?/m1/s1. The predicted molar refractivity (Wildman–Crippen MR) is 86.9 cm³/mol. The van der Waals surface area contributed by atoms with Gasteiger partial charge in [0.25, 0.3) is 0 Å². The zero-order chi connectivity index (χ0) is 17.1. The highest BCUT2D eigenvalue weighted by Crippen LogP contribution is 2.23. The van der Waals surface area contributed by atoms with Crippen molar-refractivity contribution in [2.24, 2.45) is 0 Å². The molecule has 0 bridgehead atoms. The summed E-state index contributed by atoms with van der Waals surface area (Å²) in [6.07, 6.45) is 5.35. The molecule has 0 amide bonds. The van der Waals surface area contributed by atoms with Crippen LogP contribution in [-0.4, -0.2) is 64.3 Å². The minimum Gasteiger partial charge on any atom is -0.394 e. The molecule has 1 aliphatic heterocycles. The Morgan fingerprint density at radius 1 is 0.957 bits per heavy atom. The summed E-state index contributed by atoms with van der Waals surface area (Å²) in [6.45, 7) is 3.84. The molecule has 1 fully saturated rings. The van der Waals surface area contributed by atoms with Crippen molar-refractivity contribution < 1.29 is 29.9 Å². The predicted octanol–water partition coefficient (Wildman–Crippen LogP) is 1.11. The number of rotatable bonds is 13. The van der Waals surface area contributed by atoms with E-state index in [1.54, 1.807) is 0 Å². The second-order valence-electron chi connectivity index (χ2n) is 6.12. The largest absolute Gasteiger partial charge is 0.394 e. The lowest BCUT2D eigenvalue weighted by molar-refractivity contribution is -0.161. The molecule has 5 atom stereocenters. The van der Waals surface area contributed by atoms with Crippen LogP contribution in [-0.2, 0) is 9.47 Å². The first-order chi connectivity index (χ1) is 11.1. The summed E-state index contributed by atoms with van der Waals surface area (Å²) in [5, 5.41) is 37.9. The number of allylic oxidation sites excluding steroid dienone is 1. The lowest BCUT2D eigenvalue weighted by Gasteiger charge is -2.24. The van der Waals surface area contributed by atoms with Crippen LogP contribution >= 0.6 is 0 Å². The maximum Gasteiger partial charge on any atom is 0.184 e. The van der Waals surface area contributed by atoms with Crippen LogP contribution in [0.25, 0.3) is 0 Å². The third kappa shape index (κ3) is 7.28. The second-order valence-corrected chi connectivity index (χ2v) is 6.12. The van der Waals surface area contributed by atoms with Gasteiger partial charge in [-0.05, 0) is 19.3 Å². The molecule has 0 radical (unpaired) electrons. The summed E-state index contributed by atoms with van der Waals surface area (Å²) >= 11 is 0. The lowest BCUT2D eigenvalue weighted by atomic mass is 10.1. The molecule has 0 aromatic carbocycles. The van der Waals surface area contributed by atoms with Crippen molar-refractivity contribution in [3.05, 3.63) is 12.7 Å². The molecule has 4 N–H and O–H groups in total.